The molecule has 4 nitrogen and oxygen atoms in total. The number of rotatable bonds is 8. The zero-order chi connectivity index (χ0) is 22.2. The van der Waals surface area contributed by atoms with Gasteiger partial charge >= 0.3 is 0 Å². The minimum absolute atomic E-state index is 0.0357. The molecule has 156 valence electrons. The minimum Gasteiger partial charge on any atom is -0.489 e. The van der Waals surface area contributed by atoms with Crippen LogP contribution in [-0.4, -0.2) is 11.9 Å². The number of hydrogen-bond acceptors (Lipinski definition) is 3. The lowest BCUT2D eigenvalue weighted by molar-refractivity contribution is -0.117. The molecule has 0 radical (unpaired) electrons. The van der Waals surface area contributed by atoms with Crippen LogP contribution in [0, 0.1) is 11.3 Å². The van der Waals surface area contributed by atoms with Crippen LogP contribution in [0.1, 0.15) is 30.5 Å². The molecule has 31 heavy (non-hydrogen) atoms. The molecule has 1 amide bonds. The Kier molecular flexibility index (Phi) is 7.24. The van der Waals surface area contributed by atoms with Gasteiger partial charge in [-0.15, -0.1) is 6.58 Å². The second kappa shape index (κ2) is 10.3. The predicted molar refractivity (Wildman–Crippen MR) is 125 cm³/mol. The van der Waals surface area contributed by atoms with Gasteiger partial charge in [-0.05, 0) is 72.0 Å². The third kappa shape index (κ3) is 5.83. The highest BCUT2D eigenvalue weighted by Gasteiger charge is 2.11. The number of hydrogen-bond donors (Lipinski definition) is 1. The molecule has 0 fully saturated rings. The summed E-state index contributed by atoms with van der Waals surface area (Å²) < 4.78 is 6.10. The predicted octanol–water partition coefficient (Wildman–Crippen LogP) is 5.58. The highest BCUT2D eigenvalue weighted by Crippen LogP contribution is 2.24. The molecule has 0 unspecified atom stereocenters. The third-order valence-electron chi connectivity index (χ3n) is 4.75. The maximum Gasteiger partial charge on any atom is 0.262 e. The van der Waals surface area contributed by atoms with Crippen LogP contribution in [-0.2, 0) is 17.8 Å². The molecule has 0 bridgehead atoms. The number of fused-ring (bicyclic) bond motifs is 1. The molecule has 0 aromatic heterocycles. The van der Waals surface area contributed by atoms with E-state index in [0.29, 0.717) is 13.0 Å². The number of ether oxygens (including phenoxy) is 1. The quantitative estimate of drug-likeness (QED) is 0.300. The van der Waals surface area contributed by atoms with Crippen LogP contribution in [0.5, 0.6) is 5.75 Å². The fourth-order valence-corrected chi connectivity index (χ4v) is 3.29. The number of amides is 1. The van der Waals surface area contributed by atoms with Crippen LogP contribution in [0.25, 0.3) is 16.8 Å². The number of nitriles is 1. The summed E-state index contributed by atoms with van der Waals surface area (Å²) in [6.45, 7) is 7.99. The number of nitrogens with zero attached hydrogens (tertiary/aromatic N) is 1. The van der Waals surface area contributed by atoms with Gasteiger partial charge in [-0.3, -0.25) is 4.79 Å². The lowest BCUT2D eigenvalue weighted by Crippen LogP contribution is -2.30. The molecular formula is C27H26N2O2. The summed E-state index contributed by atoms with van der Waals surface area (Å²) in [5.41, 5.74) is 2.88. The van der Waals surface area contributed by atoms with E-state index < -0.39 is 0 Å². The summed E-state index contributed by atoms with van der Waals surface area (Å²) in [6.07, 6.45) is 4.02. The van der Waals surface area contributed by atoms with Crippen molar-refractivity contribution >= 4 is 22.8 Å². The molecule has 0 aliphatic heterocycles. The smallest absolute Gasteiger partial charge is 0.262 e. The van der Waals surface area contributed by atoms with Gasteiger partial charge in [-0.1, -0.05) is 48.5 Å². The van der Waals surface area contributed by atoms with Gasteiger partial charge in [0.25, 0.3) is 5.91 Å². The van der Waals surface area contributed by atoms with Crippen LogP contribution >= 0.6 is 0 Å². The Morgan fingerprint density at radius 3 is 2.61 bits per heavy atom. The van der Waals surface area contributed by atoms with Crippen LogP contribution in [0.3, 0.4) is 0 Å². The Morgan fingerprint density at radius 2 is 1.90 bits per heavy atom. The average molecular weight is 411 g/mol. The Balaban J connectivity index is 1.80. The van der Waals surface area contributed by atoms with Gasteiger partial charge in [0.1, 0.15) is 24.0 Å². The van der Waals surface area contributed by atoms with Gasteiger partial charge in [0.15, 0.2) is 0 Å². The lowest BCUT2D eigenvalue weighted by Gasteiger charge is -2.12. The van der Waals surface area contributed by atoms with E-state index in [1.54, 1.807) is 6.08 Å². The van der Waals surface area contributed by atoms with E-state index in [1.165, 1.54) is 10.8 Å². The van der Waals surface area contributed by atoms with Gasteiger partial charge in [0, 0.05) is 6.04 Å². The fourth-order valence-electron chi connectivity index (χ4n) is 3.29. The SMILES string of the molecule is C=CCc1cc(/C=C(/C#N)C(=O)NC(C)C)ccc1OCc1ccc2ccccc2c1. The molecule has 3 rings (SSSR count). The Labute approximate surface area is 183 Å². The van der Waals surface area contributed by atoms with Crippen molar-refractivity contribution < 1.29 is 9.53 Å². The first-order chi connectivity index (χ1) is 15.0. The summed E-state index contributed by atoms with van der Waals surface area (Å²) in [4.78, 5) is 12.2. The van der Waals surface area contributed by atoms with Crippen molar-refractivity contribution in [3.8, 4) is 11.8 Å². The first-order valence-corrected chi connectivity index (χ1v) is 10.3. The standard InChI is InChI=1S/C27H26N2O2/c1-4-7-24-14-20(15-25(17-28)27(30)29-19(2)3)11-13-26(24)31-18-21-10-12-22-8-5-6-9-23(22)16-21/h4-6,8-16,19H,1,7,18H2,2-3H3,(H,29,30)/b25-15-. The zero-order valence-electron chi connectivity index (χ0n) is 17.9. The van der Waals surface area contributed by atoms with E-state index in [9.17, 15) is 10.1 Å². The molecular weight excluding hydrogens is 384 g/mol. The second-order valence-corrected chi connectivity index (χ2v) is 7.63. The molecule has 0 aliphatic carbocycles. The highest BCUT2D eigenvalue weighted by atomic mass is 16.5. The highest BCUT2D eigenvalue weighted by molar-refractivity contribution is 6.01. The maximum atomic E-state index is 12.2. The molecule has 3 aromatic rings. The van der Waals surface area contributed by atoms with Gasteiger partial charge in [0.2, 0.25) is 0 Å². The number of benzene rings is 3. The van der Waals surface area contributed by atoms with Crippen molar-refractivity contribution in [3.05, 3.63) is 95.6 Å². The van der Waals surface area contributed by atoms with E-state index in [4.69, 9.17) is 4.74 Å². The van der Waals surface area contributed by atoms with Gasteiger partial charge < -0.3 is 10.1 Å². The summed E-state index contributed by atoms with van der Waals surface area (Å²) >= 11 is 0. The molecule has 0 saturated heterocycles. The fraction of sp³-hybridized carbons (Fsp3) is 0.185. The molecule has 0 aliphatic rings. The molecule has 0 atom stereocenters. The number of carbonyl (C=O) groups is 1. The van der Waals surface area contributed by atoms with Crippen molar-refractivity contribution in [1.29, 1.82) is 5.26 Å². The third-order valence-corrected chi connectivity index (χ3v) is 4.75. The Morgan fingerprint density at radius 1 is 1.13 bits per heavy atom. The molecule has 0 heterocycles. The number of carbonyl (C=O) groups excluding carboxylic acids is 1. The van der Waals surface area contributed by atoms with Crippen molar-refractivity contribution in [3.63, 3.8) is 0 Å². The zero-order valence-corrected chi connectivity index (χ0v) is 17.9. The van der Waals surface area contributed by atoms with E-state index in [0.717, 1.165) is 22.4 Å². The number of nitrogens with one attached hydrogen (secondary N) is 1. The molecule has 0 spiro atoms. The minimum atomic E-state index is -0.376. The Hall–Kier alpha value is -3.84. The largest absolute Gasteiger partial charge is 0.489 e. The monoisotopic (exact) mass is 410 g/mol. The summed E-state index contributed by atoms with van der Waals surface area (Å²) in [6, 6.07) is 22.1. The van der Waals surface area contributed by atoms with Gasteiger partial charge in [-0.25, -0.2) is 0 Å². The first kappa shape index (κ1) is 21.9. The average Bonchev–Trinajstić information content (AvgIpc) is 2.76. The van der Waals surface area contributed by atoms with Crippen LogP contribution in [0.4, 0.5) is 0 Å². The van der Waals surface area contributed by atoms with Gasteiger partial charge in [0.05, 0.1) is 0 Å². The lowest BCUT2D eigenvalue weighted by atomic mass is 10.0. The van der Waals surface area contributed by atoms with E-state index in [1.807, 2.05) is 56.3 Å². The summed E-state index contributed by atoms with van der Waals surface area (Å²) in [5, 5.41) is 14.5. The second-order valence-electron chi connectivity index (χ2n) is 7.63. The molecule has 4 heteroatoms. The summed E-state index contributed by atoms with van der Waals surface area (Å²) in [7, 11) is 0. The Bertz CT molecular complexity index is 1170. The topological polar surface area (TPSA) is 62.1 Å². The van der Waals surface area contributed by atoms with E-state index in [2.05, 4.69) is 42.2 Å². The van der Waals surface area contributed by atoms with E-state index >= 15 is 0 Å². The van der Waals surface area contributed by atoms with Crippen molar-refractivity contribution in [1.82, 2.24) is 5.32 Å². The van der Waals surface area contributed by atoms with Gasteiger partial charge in [-0.2, -0.15) is 5.26 Å². The van der Waals surface area contributed by atoms with Crippen molar-refractivity contribution in [2.75, 3.05) is 0 Å². The van der Waals surface area contributed by atoms with Crippen molar-refractivity contribution in [2.24, 2.45) is 0 Å². The van der Waals surface area contributed by atoms with Crippen LogP contribution < -0.4 is 10.1 Å². The van der Waals surface area contributed by atoms with Crippen LogP contribution in [0.2, 0.25) is 0 Å². The molecule has 0 saturated carbocycles. The molecule has 1 N–H and O–H groups in total. The van der Waals surface area contributed by atoms with Crippen LogP contribution in [0.15, 0.2) is 78.9 Å². The summed E-state index contributed by atoms with van der Waals surface area (Å²) in [5.74, 6) is 0.384. The van der Waals surface area contributed by atoms with E-state index in [-0.39, 0.29) is 17.5 Å². The number of allylic oxidation sites excluding steroid dienone is 1. The maximum absolute atomic E-state index is 12.2. The van der Waals surface area contributed by atoms with Crippen molar-refractivity contribution in [2.45, 2.75) is 32.9 Å². The molecule has 3 aromatic carbocycles. The normalized spacial score (nSPS) is 11.2. The first-order valence-electron chi connectivity index (χ1n) is 10.3.